The van der Waals surface area contributed by atoms with Gasteiger partial charge in [-0.15, -0.1) is 0 Å². The van der Waals surface area contributed by atoms with Crippen molar-refractivity contribution in [2.24, 2.45) is 11.8 Å². The third-order valence-electron chi connectivity index (χ3n) is 4.62. The van der Waals surface area contributed by atoms with E-state index in [1.54, 1.807) is 12.1 Å². The highest BCUT2D eigenvalue weighted by Crippen LogP contribution is 2.39. The van der Waals surface area contributed by atoms with Gasteiger partial charge in [-0.05, 0) is 61.2 Å². The average Bonchev–Trinajstić information content (AvgIpc) is 3.38. The minimum absolute atomic E-state index is 0.0739. The van der Waals surface area contributed by atoms with Crippen LogP contribution < -0.4 is 10.6 Å². The van der Waals surface area contributed by atoms with Crippen molar-refractivity contribution in [3.05, 3.63) is 64.2 Å². The summed E-state index contributed by atoms with van der Waals surface area (Å²) in [6, 6.07) is 13.1. The van der Waals surface area contributed by atoms with Gasteiger partial charge in [-0.2, -0.15) is 0 Å². The Morgan fingerprint density at radius 1 is 1.00 bits per heavy atom. The standard InChI is InChI=1S/C20H21ClN2O2/c1-12-3-8-16(9-13(12)2)23-20(25)18-10-17(18)19(24)22-11-14-4-6-15(21)7-5-14/h3-9,17-18H,10-11H2,1-2H3,(H,22,24)(H,23,25). The quantitative estimate of drug-likeness (QED) is 0.854. The third-order valence-corrected chi connectivity index (χ3v) is 4.87. The van der Waals surface area contributed by atoms with E-state index >= 15 is 0 Å². The maximum absolute atomic E-state index is 12.3. The average molecular weight is 357 g/mol. The number of aryl methyl sites for hydroxylation is 2. The van der Waals surface area contributed by atoms with Crippen LogP contribution in [0.5, 0.6) is 0 Å². The zero-order valence-electron chi connectivity index (χ0n) is 14.3. The molecule has 0 aliphatic heterocycles. The summed E-state index contributed by atoms with van der Waals surface area (Å²) in [5, 5.41) is 6.45. The highest BCUT2D eigenvalue weighted by atomic mass is 35.5. The lowest BCUT2D eigenvalue weighted by molar-refractivity contribution is -0.125. The van der Waals surface area contributed by atoms with Gasteiger partial charge in [0.2, 0.25) is 11.8 Å². The van der Waals surface area contributed by atoms with E-state index in [9.17, 15) is 9.59 Å². The second-order valence-electron chi connectivity index (χ2n) is 6.58. The van der Waals surface area contributed by atoms with E-state index in [-0.39, 0.29) is 23.7 Å². The number of benzene rings is 2. The minimum atomic E-state index is -0.244. The zero-order valence-corrected chi connectivity index (χ0v) is 15.1. The van der Waals surface area contributed by atoms with Crippen LogP contribution in [-0.4, -0.2) is 11.8 Å². The lowest BCUT2D eigenvalue weighted by Crippen LogP contribution is -2.27. The van der Waals surface area contributed by atoms with Gasteiger partial charge in [0.1, 0.15) is 0 Å². The van der Waals surface area contributed by atoms with Crippen molar-refractivity contribution in [3.8, 4) is 0 Å². The number of hydrogen-bond acceptors (Lipinski definition) is 2. The van der Waals surface area contributed by atoms with Crippen molar-refractivity contribution in [3.63, 3.8) is 0 Å². The summed E-state index contributed by atoms with van der Waals surface area (Å²) in [6.45, 7) is 4.48. The number of hydrogen-bond donors (Lipinski definition) is 2. The summed E-state index contributed by atoms with van der Waals surface area (Å²) in [5.41, 5.74) is 4.07. The Morgan fingerprint density at radius 2 is 1.68 bits per heavy atom. The molecule has 1 aliphatic rings. The molecule has 0 heterocycles. The van der Waals surface area contributed by atoms with Crippen LogP contribution in [0.15, 0.2) is 42.5 Å². The summed E-state index contributed by atoms with van der Waals surface area (Å²) < 4.78 is 0. The molecule has 1 fully saturated rings. The SMILES string of the molecule is Cc1ccc(NC(=O)C2CC2C(=O)NCc2ccc(Cl)cc2)cc1C. The fourth-order valence-electron chi connectivity index (χ4n) is 2.75. The van der Waals surface area contributed by atoms with Crippen molar-refractivity contribution in [2.45, 2.75) is 26.8 Å². The second-order valence-corrected chi connectivity index (χ2v) is 7.02. The molecule has 130 valence electrons. The molecule has 5 heteroatoms. The number of carbonyl (C=O) groups is 2. The molecule has 2 aromatic carbocycles. The summed E-state index contributed by atoms with van der Waals surface area (Å²) >= 11 is 5.84. The van der Waals surface area contributed by atoms with Gasteiger partial charge in [-0.1, -0.05) is 29.8 Å². The van der Waals surface area contributed by atoms with Crippen molar-refractivity contribution < 1.29 is 9.59 Å². The van der Waals surface area contributed by atoms with E-state index in [1.165, 1.54) is 5.56 Å². The molecule has 2 aromatic rings. The fraction of sp³-hybridized carbons (Fsp3) is 0.300. The molecule has 2 atom stereocenters. The number of amides is 2. The lowest BCUT2D eigenvalue weighted by atomic mass is 10.1. The van der Waals surface area contributed by atoms with Crippen LogP contribution >= 0.6 is 11.6 Å². The van der Waals surface area contributed by atoms with E-state index in [1.807, 2.05) is 44.2 Å². The van der Waals surface area contributed by atoms with Gasteiger partial charge >= 0.3 is 0 Å². The largest absolute Gasteiger partial charge is 0.352 e. The second kappa shape index (κ2) is 7.28. The minimum Gasteiger partial charge on any atom is -0.352 e. The number of nitrogens with one attached hydrogen (secondary N) is 2. The molecular weight excluding hydrogens is 336 g/mol. The monoisotopic (exact) mass is 356 g/mol. The fourth-order valence-corrected chi connectivity index (χ4v) is 2.88. The molecule has 1 aliphatic carbocycles. The molecule has 0 radical (unpaired) electrons. The van der Waals surface area contributed by atoms with Crippen molar-refractivity contribution in [1.82, 2.24) is 5.32 Å². The Kier molecular flexibility index (Phi) is 5.09. The normalized spacial score (nSPS) is 18.5. The Balaban J connectivity index is 1.49. The Morgan fingerprint density at radius 3 is 2.36 bits per heavy atom. The molecular formula is C20H21ClN2O2. The lowest BCUT2D eigenvalue weighted by Gasteiger charge is -2.08. The van der Waals surface area contributed by atoms with E-state index in [4.69, 9.17) is 11.6 Å². The zero-order chi connectivity index (χ0) is 18.0. The van der Waals surface area contributed by atoms with Gasteiger partial charge in [-0.25, -0.2) is 0 Å². The van der Waals surface area contributed by atoms with E-state index in [2.05, 4.69) is 10.6 Å². The van der Waals surface area contributed by atoms with E-state index < -0.39 is 0 Å². The van der Waals surface area contributed by atoms with Crippen LogP contribution in [0.3, 0.4) is 0 Å². The molecule has 0 bridgehead atoms. The molecule has 2 N–H and O–H groups in total. The first-order valence-electron chi connectivity index (χ1n) is 8.34. The summed E-state index contributed by atoms with van der Waals surface area (Å²) in [7, 11) is 0. The summed E-state index contributed by atoms with van der Waals surface area (Å²) in [4.78, 5) is 24.5. The van der Waals surface area contributed by atoms with Crippen LogP contribution in [-0.2, 0) is 16.1 Å². The molecule has 2 amide bonds. The van der Waals surface area contributed by atoms with Crippen LogP contribution in [0, 0.1) is 25.7 Å². The molecule has 1 saturated carbocycles. The first-order chi connectivity index (χ1) is 11.9. The highest BCUT2D eigenvalue weighted by Gasteiger charge is 2.47. The van der Waals surface area contributed by atoms with Crippen LogP contribution in [0.2, 0.25) is 5.02 Å². The van der Waals surface area contributed by atoms with Crippen molar-refractivity contribution in [1.29, 1.82) is 0 Å². The Bertz CT molecular complexity index is 802. The molecule has 0 spiro atoms. The smallest absolute Gasteiger partial charge is 0.228 e. The Labute approximate surface area is 152 Å². The number of anilines is 1. The van der Waals surface area contributed by atoms with E-state index in [0.29, 0.717) is 18.0 Å². The third kappa shape index (κ3) is 4.40. The van der Waals surface area contributed by atoms with E-state index in [0.717, 1.165) is 16.8 Å². The predicted molar refractivity (Wildman–Crippen MR) is 99.4 cm³/mol. The maximum Gasteiger partial charge on any atom is 0.228 e. The topological polar surface area (TPSA) is 58.2 Å². The Hall–Kier alpha value is -2.33. The molecule has 0 aromatic heterocycles. The first kappa shape index (κ1) is 17.5. The molecule has 4 nitrogen and oxygen atoms in total. The molecule has 0 saturated heterocycles. The molecule has 2 unspecified atom stereocenters. The number of carbonyl (C=O) groups excluding carboxylic acids is 2. The molecule has 3 rings (SSSR count). The number of rotatable bonds is 5. The number of halogens is 1. The highest BCUT2D eigenvalue weighted by molar-refractivity contribution is 6.30. The summed E-state index contributed by atoms with van der Waals surface area (Å²) in [5.74, 6) is -0.643. The van der Waals surface area contributed by atoms with Crippen molar-refractivity contribution in [2.75, 3.05) is 5.32 Å². The van der Waals surface area contributed by atoms with Crippen molar-refractivity contribution >= 4 is 29.1 Å². The van der Waals surface area contributed by atoms with Crippen LogP contribution in [0.1, 0.15) is 23.1 Å². The van der Waals surface area contributed by atoms with Gasteiger partial charge in [0, 0.05) is 17.3 Å². The van der Waals surface area contributed by atoms with Crippen LogP contribution in [0.4, 0.5) is 5.69 Å². The summed E-state index contributed by atoms with van der Waals surface area (Å²) in [6.07, 6.45) is 0.600. The van der Waals surface area contributed by atoms with Gasteiger partial charge in [0.15, 0.2) is 0 Å². The van der Waals surface area contributed by atoms with Crippen LogP contribution in [0.25, 0.3) is 0 Å². The van der Waals surface area contributed by atoms with Gasteiger partial charge in [0.25, 0.3) is 0 Å². The van der Waals surface area contributed by atoms with Gasteiger partial charge < -0.3 is 10.6 Å². The van der Waals surface area contributed by atoms with Gasteiger partial charge in [0.05, 0.1) is 11.8 Å². The first-order valence-corrected chi connectivity index (χ1v) is 8.72. The maximum atomic E-state index is 12.3. The van der Waals surface area contributed by atoms with Gasteiger partial charge in [-0.3, -0.25) is 9.59 Å². The molecule has 25 heavy (non-hydrogen) atoms. The predicted octanol–water partition coefficient (Wildman–Crippen LogP) is 3.85.